The molecule has 0 aliphatic rings. The molecule has 8 aromatic heterocycles. The van der Waals surface area contributed by atoms with E-state index < -0.39 is 0 Å². The minimum absolute atomic E-state index is 0.645. The number of fused-ring (bicyclic) bond motifs is 8. The quantitative estimate of drug-likeness (QED) is 0.0828. The first-order chi connectivity index (χ1) is 59.5. The summed E-state index contributed by atoms with van der Waals surface area (Å²) in [6, 6.07) is 131. The fourth-order valence-electron chi connectivity index (χ4n) is 15.0. The van der Waals surface area contributed by atoms with E-state index in [1.54, 1.807) is 18.6 Å². The van der Waals surface area contributed by atoms with Gasteiger partial charge in [0.2, 0.25) is 0 Å². The van der Waals surface area contributed by atoms with E-state index in [-0.39, 0.29) is 0 Å². The molecular weight excluding hydrogens is 1470 g/mol. The molecule has 3 N–H and O–H groups in total. The van der Waals surface area contributed by atoms with Crippen LogP contribution in [-0.4, -0.2) is 39.9 Å². The first-order valence-corrected chi connectivity index (χ1v) is 39.2. The fraction of sp³-hybridized carbons (Fsp3) is 0. The highest BCUT2D eigenvalue weighted by Crippen LogP contribution is 2.44. The summed E-state index contributed by atoms with van der Waals surface area (Å²) < 4.78 is 0. The van der Waals surface area contributed by atoms with Crippen molar-refractivity contribution < 1.29 is 0 Å². The summed E-state index contributed by atoms with van der Waals surface area (Å²) in [6.07, 6.45) is 8.89. The Hall–Kier alpha value is -17.1. The summed E-state index contributed by atoms with van der Waals surface area (Å²) in [7, 11) is 0. The number of aromatic nitrogens is 8. The van der Waals surface area contributed by atoms with Gasteiger partial charge in [0.1, 0.15) is 57.9 Å². The third kappa shape index (κ3) is 16.5. The first-order valence-electron chi connectivity index (χ1n) is 39.2. The third-order valence-corrected chi connectivity index (χ3v) is 20.4. The van der Waals surface area contributed by atoms with Gasteiger partial charge in [-0.25, -0.2) is 39.9 Å². The van der Waals surface area contributed by atoms with Crippen molar-refractivity contribution >= 4 is 138 Å². The molecule has 0 saturated carbocycles. The van der Waals surface area contributed by atoms with Crippen molar-refractivity contribution in [3.8, 4) is 52.1 Å². The highest BCUT2D eigenvalue weighted by atomic mass is 15.2. The minimum Gasteiger partial charge on any atom is -0.325 e. The maximum atomic E-state index is 9.25. The zero-order valence-corrected chi connectivity index (χ0v) is 64.7. The number of nitrogens with zero attached hydrogens (tertiary/aromatic N) is 10. The lowest BCUT2D eigenvalue weighted by atomic mass is 9.88. The summed E-state index contributed by atoms with van der Waals surface area (Å²) in [5.74, 6) is 19.5. The highest BCUT2D eigenvalue weighted by Gasteiger charge is 2.21. The van der Waals surface area contributed by atoms with Crippen LogP contribution in [0.5, 0.6) is 0 Å². The Kier molecular flexibility index (Phi) is 21.8. The fourth-order valence-corrected chi connectivity index (χ4v) is 15.0. The van der Waals surface area contributed by atoms with Crippen LogP contribution in [0.4, 0.5) is 52.2 Å². The van der Waals surface area contributed by atoms with E-state index >= 15 is 0 Å². The second-order valence-electron chi connectivity index (χ2n) is 28.0. The van der Waals surface area contributed by atoms with Crippen LogP contribution in [0.3, 0.4) is 0 Å². The molecule has 8 heterocycles. The van der Waals surface area contributed by atoms with Gasteiger partial charge in [0, 0.05) is 58.4 Å². The van der Waals surface area contributed by atoms with Gasteiger partial charge in [-0.2, -0.15) is 5.26 Å². The van der Waals surface area contributed by atoms with Crippen LogP contribution >= 0.6 is 0 Å². The Labute approximate surface area is 693 Å². The van der Waals surface area contributed by atoms with Crippen LogP contribution in [0, 0.1) is 35.0 Å². The number of pyridine rings is 8. The second kappa shape index (κ2) is 35.1. The Morgan fingerprint density at radius 1 is 0.242 bits per heavy atom. The molecule has 21 aromatic rings. The predicted octanol–water partition coefficient (Wildman–Crippen LogP) is 25.8. The number of hydrogen-bond acceptors (Lipinski definition) is 13. The molecule has 0 unspecified atom stereocenters. The first kappa shape index (κ1) is 74.4. The number of hydrogen-bond donors (Lipinski definition) is 3. The van der Waals surface area contributed by atoms with Crippen LogP contribution < -0.4 is 20.9 Å². The molecule has 21 rings (SSSR count). The summed E-state index contributed by atoms with van der Waals surface area (Å²) in [5, 5.41) is 37.6. The van der Waals surface area contributed by atoms with E-state index in [9.17, 15) is 5.26 Å². The number of benzene rings is 13. The van der Waals surface area contributed by atoms with Crippen molar-refractivity contribution in [1.82, 2.24) is 39.9 Å². The molecule has 0 saturated heterocycles. The van der Waals surface area contributed by atoms with Gasteiger partial charge >= 0.3 is 0 Å². The van der Waals surface area contributed by atoms with Gasteiger partial charge in [-0.3, -0.25) is 4.90 Å². The average Bonchev–Trinajstić information content (AvgIpc) is 0.754. The van der Waals surface area contributed by atoms with Crippen LogP contribution in [0.15, 0.2) is 413 Å². The minimum atomic E-state index is 0.645. The van der Waals surface area contributed by atoms with Gasteiger partial charge in [-0.15, -0.1) is 0 Å². The standard InChI is InChI=1S/C33H20N4.C26H17N3.2C24H17N3/c34-22-23-15-17-24(18-16-23)33-29-11-3-1-9-26(29)28(27-10-2-4-12-30(27)33)20-19-25-8-7-14-32(36-25)37-31-13-5-6-21-35-31;1-3-11-22-19(8-1)18-20-9-2-4-12-23(20)24(22)16-15-21-10-7-14-26(28-21)29-25-13-5-6-17-27-25;1-3-11-20-18(9-1)17-19-10-2-4-12-21(19)24(20)27(22-13-5-7-15-25-22)23-14-6-8-16-26-23;1-3-10-19-17(8-1)16-18-9-2-4-11-20(18)24(19)21-12-7-14-23(26-21)27-22-13-5-6-15-25-22/h1-18,21H,(H,35,36,37);1-14,17-18H,(H,27,28,29);1-17H;1-16H,(H,25,26,27). The molecule has 0 bridgehead atoms. The number of rotatable bonds is 11. The van der Waals surface area contributed by atoms with Crippen molar-refractivity contribution in [3.05, 3.63) is 441 Å². The molecule has 0 amide bonds. The number of anilines is 9. The topological polar surface area (TPSA) is 166 Å². The normalized spacial score (nSPS) is 10.7. The molecule has 13 aromatic carbocycles. The number of nitriles is 1. The van der Waals surface area contributed by atoms with Crippen molar-refractivity contribution in [2.24, 2.45) is 0 Å². The van der Waals surface area contributed by atoms with Crippen LogP contribution in [-0.2, 0) is 0 Å². The van der Waals surface area contributed by atoms with E-state index in [0.717, 1.165) is 112 Å². The molecule has 13 nitrogen and oxygen atoms in total. The number of nitrogens with one attached hydrogen (secondary N) is 3. The summed E-state index contributed by atoms with van der Waals surface area (Å²) in [6.45, 7) is 0. The van der Waals surface area contributed by atoms with Crippen LogP contribution in [0.25, 0.3) is 109 Å². The maximum absolute atomic E-state index is 9.25. The smallest absolute Gasteiger partial charge is 0.138 e. The van der Waals surface area contributed by atoms with Crippen molar-refractivity contribution in [1.29, 1.82) is 5.26 Å². The summed E-state index contributed by atoms with van der Waals surface area (Å²) >= 11 is 0. The molecule has 0 radical (unpaired) electrons. The average molecular weight is 1540 g/mol. The van der Waals surface area contributed by atoms with E-state index in [4.69, 9.17) is 4.98 Å². The summed E-state index contributed by atoms with van der Waals surface area (Å²) in [5.41, 5.74) is 9.44. The molecule has 0 fully saturated rings. The van der Waals surface area contributed by atoms with Crippen molar-refractivity contribution in [2.75, 3.05) is 20.9 Å². The lowest BCUT2D eigenvalue weighted by Gasteiger charge is -2.26. The van der Waals surface area contributed by atoms with Crippen LogP contribution in [0.2, 0.25) is 0 Å². The van der Waals surface area contributed by atoms with Crippen molar-refractivity contribution in [3.63, 3.8) is 0 Å². The Bertz CT molecular complexity index is 7220. The van der Waals surface area contributed by atoms with Crippen molar-refractivity contribution in [2.45, 2.75) is 0 Å². The molecule has 564 valence electrons. The Morgan fingerprint density at radius 2 is 0.567 bits per heavy atom. The van der Waals surface area contributed by atoms with E-state index in [1.165, 1.54) is 53.9 Å². The van der Waals surface area contributed by atoms with E-state index in [2.05, 4.69) is 292 Å². The van der Waals surface area contributed by atoms with Crippen LogP contribution in [0.1, 0.15) is 28.1 Å². The SMILES string of the molecule is C(#Cc1c2ccccc2cc2ccccc12)c1cccc(Nc2ccccn2)n1.N#Cc1ccc(-c2c3ccccc3c(C#Cc3cccc(Nc4ccccn4)n3)c3ccccc23)cc1.c1ccc(N(c2ccccn2)c2c3ccccc3cc3ccccc23)nc1.c1ccc(Nc2cccc(-c3c4ccccc4cc4ccccc34)n2)nc1. The van der Waals surface area contributed by atoms with E-state index in [1.807, 2.05) is 188 Å². The Morgan fingerprint density at radius 3 is 0.967 bits per heavy atom. The molecule has 0 aliphatic heterocycles. The van der Waals surface area contributed by atoms with Gasteiger partial charge in [0.05, 0.1) is 23.0 Å². The Balaban J connectivity index is 0.000000111. The molecule has 13 heteroatoms. The monoisotopic (exact) mass is 1540 g/mol. The van der Waals surface area contributed by atoms with Gasteiger partial charge < -0.3 is 16.0 Å². The molecular formula is C107H71N13. The maximum Gasteiger partial charge on any atom is 0.138 e. The lowest BCUT2D eigenvalue weighted by Crippen LogP contribution is -2.13. The predicted molar refractivity (Wildman–Crippen MR) is 492 cm³/mol. The van der Waals surface area contributed by atoms with Gasteiger partial charge in [0.15, 0.2) is 0 Å². The zero-order valence-electron chi connectivity index (χ0n) is 64.7. The lowest BCUT2D eigenvalue weighted by molar-refractivity contribution is 1.14. The summed E-state index contributed by atoms with van der Waals surface area (Å²) in [4.78, 5) is 38.5. The zero-order chi connectivity index (χ0) is 80.6. The molecule has 120 heavy (non-hydrogen) atoms. The van der Waals surface area contributed by atoms with Gasteiger partial charge in [-0.05, 0) is 226 Å². The van der Waals surface area contributed by atoms with Gasteiger partial charge in [-0.1, -0.05) is 267 Å². The van der Waals surface area contributed by atoms with Gasteiger partial charge in [0.25, 0.3) is 0 Å². The van der Waals surface area contributed by atoms with E-state index in [0.29, 0.717) is 22.8 Å². The highest BCUT2D eigenvalue weighted by molar-refractivity contribution is 6.17. The third-order valence-electron chi connectivity index (χ3n) is 20.4. The molecule has 0 atom stereocenters. The second-order valence-corrected chi connectivity index (χ2v) is 28.0. The molecule has 0 aliphatic carbocycles. The largest absolute Gasteiger partial charge is 0.325 e. The molecule has 0 spiro atoms.